The average molecular weight is 342 g/mol. The molecule has 0 aliphatic rings. The van der Waals surface area contributed by atoms with Crippen LogP contribution in [0.25, 0.3) is 0 Å². The molecule has 2 aromatic rings. The molecule has 1 aromatic heterocycles. The Bertz CT molecular complexity index is 620. The van der Waals surface area contributed by atoms with Crippen molar-refractivity contribution in [2.75, 3.05) is 39.9 Å². The lowest BCUT2D eigenvalue weighted by Gasteiger charge is -2.22. The highest BCUT2D eigenvalue weighted by Crippen LogP contribution is 2.08. The van der Waals surface area contributed by atoms with Gasteiger partial charge >= 0.3 is 0 Å². The number of aromatic nitrogens is 1. The Hall–Kier alpha value is -2.76. The minimum atomic E-state index is 0.509. The topological polar surface area (TPSA) is 59.0 Å². The Labute approximate surface area is 149 Å². The van der Waals surface area contributed by atoms with Crippen molar-refractivity contribution in [3.63, 3.8) is 0 Å². The van der Waals surface area contributed by atoms with Crippen LogP contribution in [0.1, 0.15) is 6.92 Å². The Morgan fingerprint density at radius 1 is 1.08 bits per heavy atom. The third-order valence-electron chi connectivity index (χ3n) is 3.39. The Balaban J connectivity index is 1.75. The van der Waals surface area contributed by atoms with Crippen molar-refractivity contribution >= 4 is 5.96 Å². The summed E-state index contributed by atoms with van der Waals surface area (Å²) in [6, 6.07) is 13.5. The number of benzene rings is 1. The number of aliphatic imine (C=N–C) groups is 1. The van der Waals surface area contributed by atoms with Gasteiger partial charge in [0.05, 0.1) is 19.3 Å². The Morgan fingerprint density at radius 2 is 1.84 bits per heavy atom. The number of hydrogen-bond donors (Lipinski definition) is 1. The van der Waals surface area contributed by atoms with E-state index in [1.165, 1.54) is 0 Å². The first kappa shape index (κ1) is 18.6. The van der Waals surface area contributed by atoms with Crippen molar-refractivity contribution in [2.24, 2.45) is 4.99 Å². The van der Waals surface area contributed by atoms with Crippen molar-refractivity contribution in [2.45, 2.75) is 6.92 Å². The second-order valence-corrected chi connectivity index (χ2v) is 5.36. The standard InChI is InChI=1S/C19H26N4O2/c1-3-21-19(22-12-14-24-18-10-7-11-20-16-18)23(2)13-15-25-17-8-5-4-6-9-17/h4-11,16H,3,12-15H2,1-2H3,(H,21,22). The van der Waals surface area contributed by atoms with Crippen molar-refractivity contribution in [3.05, 3.63) is 54.9 Å². The molecule has 2 rings (SSSR count). The predicted octanol–water partition coefficient (Wildman–Crippen LogP) is 2.44. The normalized spacial score (nSPS) is 11.0. The van der Waals surface area contributed by atoms with Crippen molar-refractivity contribution in [3.8, 4) is 11.5 Å². The Morgan fingerprint density at radius 3 is 2.56 bits per heavy atom. The molecule has 0 atom stereocenters. The van der Waals surface area contributed by atoms with Gasteiger partial charge in [0.2, 0.25) is 0 Å². The maximum atomic E-state index is 5.73. The van der Waals surface area contributed by atoms with Crippen LogP contribution in [-0.4, -0.2) is 55.7 Å². The summed E-state index contributed by atoms with van der Waals surface area (Å²) >= 11 is 0. The van der Waals surface area contributed by atoms with E-state index in [0.29, 0.717) is 19.8 Å². The monoisotopic (exact) mass is 342 g/mol. The summed E-state index contributed by atoms with van der Waals surface area (Å²) in [5, 5.41) is 3.28. The minimum absolute atomic E-state index is 0.509. The number of para-hydroxylation sites is 1. The highest BCUT2D eigenvalue weighted by atomic mass is 16.5. The van der Waals surface area contributed by atoms with Gasteiger partial charge < -0.3 is 19.7 Å². The third-order valence-corrected chi connectivity index (χ3v) is 3.39. The fourth-order valence-electron chi connectivity index (χ4n) is 2.14. The molecule has 0 radical (unpaired) electrons. The number of pyridine rings is 1. The average Bonchev–Trinajstić information content (AvgIpc) is 2.66. The largest absolute Gasteiger partial charge is 0.492 e. The van der Waals surface area contributed by atoms with Crippen LogP contribution in [0.4, 0.5) is 0 Å². The SMILES string of the molecule is CCNC(=NCCOc1cccnc1)N(C)CCOc1ccccc1. The van der Waals surface area contributed by atoms with Crippen molar-refractivity contribution < 1.29 is 9.47 Å². The maximum Gasteiger partial charge on any atom is 0.193 e. The van der Waals surface area contributed by atoms with Crippen LogP contribution in [0.2, 0.25) is 0 Å². The summed E-state index contributed by atoms with van der Waals surface area (Å²) in [5.74, 6) is 2.48. The van der Waals surface area contributed by atoms with E-state index in [2.05, 4.69) is 27.1 Å². The minimum Gasteiger partial charge on any atom is -0.492 e. The lowest BCUT2D eigenvalue weighted by atomic mass is 10.3. The fourth-order valence-corrected chi connectivity index (χ4v) is 2.14. The zero-order valence-electron chi connectivity index (χ0n) is 14.9. The third kappa shape index (κ3) is 7.12. The van der Waals surface area contributed by atoms with Crippen LogP contribution < -0.4 is 14.8 Å². The molecular formula is C19H26N4O2. The van der Waals surface area contributed by atoms with Gasteiger partial charge in [0.15, 0.2) is 5.96 Å². The molecule has 6 heteroatoms. The molecule has 0 aliphatic carbocycles. The van der Waals surface area contributed by atoms with Crippen LogP contribution in [0.15, 0.2) is 59.9 Å². The number of guanidine groups is 1. The maximum absolute atomic E-state index is 5.73. The first-order valence-corrected chi connectivity index (χ1v) is 8.49. The van der Waals surface area contributed by atoms with Gasteiger partial charge in [-0.2, -0.15) is 0 Å². The first-order valence-electron chi connectivity index (χ1n) is 8.49. The van der Waals surface area contributed by atoms with Crippen LogP contribution in [0, 0.1) is 0 Å². The molecule has 6 nitrogen and oxygen atoms in total. The summed E-state index contributed by atoms with van der Waals surface area (Å²) in [6.45, 7) is 5.28. The van der Waals surface area contributed by atoms with E-state index in [1.807, 2.05) is 49.5 Å². The molecule has 1 N–H and O–H groups in total. The molecule has 0 aliphatic heterocycles. The smallest absolute Gasteiger partial charge is 0.193 e. The van der Waals surface area contributed by atoms with Gasteiger partial charge in [-0.05, 0) is 31.2 Å². The lowest BCUT2D eigenvalue weighted by Crippen LogP contribution is -2.41. The number of nitrogens with zero attached hydrogens (tertiary/aromatic N) is 3. The number of likely N-dealkylation sites (N-methyl/N-ethyl adjacent to an activating group) is 1. The number of nitrogens with one attached hydrogen (secondary N) is 1. The number of ether oxygens (including phenoxy) is 2. The van der Waals surface area contributed by atoms with Crippen LogP contribution in [0.3, 0.4) is 0 Å². The number of rotatable bonds is 9. The lowest BCUT2D eigenvalue weighted by molar-refractivity contribution is 0.280. The van der Waals surface area contributed by atoms with E-state index in [9.17, 15) is 0 Å². The molecule has 0 saturated heterocycles. The van der Waals surface area contributed by atoms with Gasteiger partial charge in [0.1, 0.15) is 24.7 Å². The van der Waals surface area contributed by atoms with Gasteiger partial charge in [0.25, 0.3) is 0 Å². The molecule has 25 heavy (non-hydrogen) atoms. The Kier molecular flexibility index (Phi) is 8.11. The van der Waals surface area contributed by atoms with E-state index >= 15 is 0 Å². The summed E-state index contributed by atoms with van der Waals surface area (Å²) < 4.78 is 11.3. The van der Waals surface area contributed by atoms with Gasteiger partial charge in [-0.3, -0.25) is 4.98 Å². The highest BCUT2D eigenvalue weighted by Gasteiger charge is 2.05. The predicted molar refractivity (Wildman–Crippen MR) is 100 cm³/mol. The molecule has 1 aromatic carbocycles. The molecular weight excluding hydrogens is 316 g/mol. The summed E-state index contributed by atoms with van der Waals surface area (Å²) in [7, 11) is 2.00. The zero-order chi connectivity index (χ0) is 17.7. The molecule has 0 amide bonds. The van der Waals surface area contributed by atoms with Gasteiger partial charge in [0, 0.05) is 19.8 Å². The first-order chi connectivity index (χ1) is 12.3. The van der Waals surface area contributed by atoms with Gasteiger partial charge in [-0.1, -0.05) is 18.2 Å². The number of hydrogen-bond acceptors (Lipinski definition) is 4. The van der Waals surface area contributed by atoms with E-state index in [-0.39, 0.29) is 0 Å². The molecule has 1 heterocycles. The molecule has 0 bridgehead atoms. The summed E-state index contributed by atoms with van der Waals surface area (Å²) in [5.41, 5.74) is 0. The van der Waals surface area contributed by atoms with Crippen molar-refractivity contribution in [1.82, 2.24) is 15.2 Å². The van der Waals surface area contributed by atoms with E-state index < -0.39 is 0 Å². The van der Waals surface area contributed by atoms with Gasteiger partial charge in [-0.25, -0.2) is 4.99 Å². The van der Waals surface area contributed by atoms with E-state index in [4.69, 9.17) is 9.47 Å². The quantitative estimate of drug-likeness (QED) is 0.431. The molecule has 0 saturated carbocycles. The summed E-state index contributed by atoms with van der Waals surface area (Å²) in [4.78, 5) is 10.7. The molecule has 134 valence electrons. The van der Waals surface area contributed by atoms with Gasteiger partial charge in [-0.15, -0.1) is 0 Å². The molecule has 0 spiro atoms. The fraction of sp³-hybridized carbons (Fsp3) is 0.368. The second kappa shape index (κ2) is 10.9. The van der Waals surface area contributed by atoms with Crippen molar-refractivity contribution in [1.29, 1.82) is 0 Å². The molecule has 0 fully saturated rings. The van der Waals surface area contributed by atoms with E-state index in [0.717, 1.165) is 30.5 Å². The highest BCUT2D eigenvalue weighted by molar-refractivity contribution is 5.79. The zero-order valence-corrected chi connectivity index (χ0v) is 14.9. The molecule has 0 unspecified atom stereocenters. The van der Waals surface area contributed by atoms with Crippen LogP contribution in [0.5, 0.6) is 11.5 Å². The second-order valence-electron chi connectivity index (χ2n) is 5.36. The van der Waals surface area contributed by atoms with Crippen LogP contribution >= 0.6 is 0 Å². The van der Waals surface area contributed by atoms with Crippen LogP contribution in [-0.2, 0) is 0 Å². The van der Waals surface area contributed by atoms with E-state index in [1.54, 1.807) is 12.4 Å². The summed E-state index contributed by atoms with van der Waals surface area (Å²) in [6.07, 6.45) is 3.42.